The van der Waals surface area contributed by atoms with E-state index >= 15 is 0 Å². The number of anilines is 1. The van der Waals surface area contributed by atoms with Gasteiger partial charge in [-0.3, -0.25) is 10.1 Å². The van der Waals surface area contributed by atoms with E-state index in [9.17, 15) is 20.0 Å². The fourth-order valence-electron chi connectivity index (χ4n) is 2.36. The first-order chi connectivity index (χ1) is 8.90. The molecular weight excluding hydrogens is 252 g/mol. The molecular formula is C12H14N2O5. The van der Waals surface area contributed by atoms with Crippen molar-refractivity contribution in [1.82, 2.24) is 0 Å². The number of nitro groups is 1. The van der Waals surface area contributed by atoms with Crippen molar-refractivity contribution in [3.05, 3.63) is 33.9 Å². The third-order valence-electron chi connectivity index (χ3n) is 3.27. The van der Waals surface area contributed by atoms with E-state index in [0.29, 0.717) is 11.3 Å². The maximum atomic E-state index is 11.1. The van der Waals surface area contributed by atoms with Crippen LogP contribution in [0.5, 0.6) is 0 Å². The Morgan fingerprint density at radius 1 is 1.53 bits per heavy atom. The second-order valence-corrected chi connectivity index (χ2v) is 4.62. The van der Waals surface area contributed by atoms with Gasteiger partial charge in [-0.25, -0.2) is 4.79 Å². The smallest absolute Gasteiger partial charge is 0.326 e. The quantitative estimate of drug-likeness (QED) is 0.623. The number of carbonyl (C=O) groups is 1. The number of carboxylic acid groups (broad SMARTS) is 1. The predicted molar refractivity (Wildman–Crippen MR) is 67.2 cm³/mol. The lowest BCUT2D eigenvalue weighted by Gasteiger charge is -2.23. The van der Waals surface area contributed by atoms with Crippen LogP contribution >= 0.6 is 0 Å². The fraction of sp³-hybridized carbons (Fsp3) is 0.417. The molecule has 7 heteroatoms. The molecule has 1 saturated heterocycles. The number of nitrogens with zero attached hydrogens (tertiary/aromatic N) is 2. The summed E-state index contributed by atoms with van der Waals surface area (Å²) in [4.78, 5) is 22.9. The lowest BCUT2D eigenvalue weighted by molar-refractivity contribution is -0.385. The normalized spacial score (nSPS) is 22.5. The molecule has 1 aromatic carbocycles. The number of aliphatic hydroxyl groups is 1. The number of nitro benzene ring substituents is 1. The van der Waals surface area contributed by atoms with Crippen molar-refractivity contribution in [3.63, 3.8) is 0 Å². The Morgan fingerprint density at radius 2 is 2.21 bits per heavy atom. The number of aliphatic carboxylic acids is 1. The third kappa shape index (κ3) is 2.50. The van der Waals surface area contributed by atoms with Gasteiger partial charge in [0.25, 0.3) is 5.69 Å². The van der Waals surface area contributed by atoms with E-state index in [2.05, 4.69) is 0 Å². The molecule has 0 amide bonds. The van der Waals surface area contributed by atoms with Crippen LogP contribution in [0.15, 0.2) is 18.2 Å². The molecule has 102 valence electrons. The maximum Gasteiger partial charge on any atom is 0.326 e. The van der Waals surface area contributed by atoms with Crippen molar-refractivity contribution in [1.29, 1.82) is 0 Å². The second-order valence-electron chi connectivity index (χ2n) is 4.62. The van der Waals surface area contributed by atoms with Crippen LogP contribution in [-0.2, 0) is 4.79 Å². The number of hydrogen-bond acceptors (Lipinski definition) is 5. The summed E-state index contributed by atoms with van der Waals surface area (Å²) in [5.74, 6) is -1.01. The van der Waals surface area contributed by atoms with Gasteiger partial charge in [0.15, 0.2) is 0 Å². The monoisotopic (exact) mass is 266 g/mol. The molecule has 19 heavy (non-hydrogen) atoms. The average molecular weight is 266 g/mol. The van der Waals surface area contributed by atoms with Gasteiger partial charge in [0.1, 0.15) is 6.04 Å². The molecule has 2 N–H and O–H groups in total. The average Bonchev–Trinajstić information content (AvgIpc) is 2.70. The van der Waals surface area contributed by atoms with Crippen LogP contribution in [0.25, 0.3) is 0 Å². The van der Waals surface area contributed by atoms with Crippen LogP contribution < -0.4 is 4.90 Å². The molecule has 1 aliphatic heterocycles. The van der Waals surface area contributed by atoms with E-state index in [1.165, 1.54) is 12.1 Å². The fourth-order valence-corrected chi connectivity index (χ4v) is 2.36. The zero-order valence-corrected chi connectivity index (χ0v) is 10.3. The molecule has 2 unspecified atom stereocenters. The molecule has 1 aromatic rings. The van der Waals surface area contributed by atoms with Crippen molar-refractivity contribution in [2.75, 3.05) is 11.4 Å². The molecule has 2 rings (SSSR count). The Morgan fingerprint density at radius 3 is 2.74 bits per heavy atom. The largest absolute Gasteiger partial charge is 0.480 e. The second kappa shape index (κ2) is 4.85. The third-order valence-corrected chi connectivity index (χ3v) is 3.27. The Kier molecular flexibility index (Phi) is 3.39. The highest BCUT2D eigenvalue weighted by Gasteiger charge is 2.36. The molecule has 1 heterocycles. The van der Waals surface area contributed by atoms with Gasteiger partial charge in [-0.2, -0.15) is 0 Å². The summed E-state index contributed by atoms with van der Waals surface area (Å²) < 4.78 is 0. The molecule has 1 fully saturated rings. The summed E-state index contributed by atoms with van der Waals surface area (Å²) in [5.41, 5.74) is 1.04. The van der Waals surface area contributed by atoms with Crippen LogP contribution in [0.3, 0.4) is 0 Å². The van der Waals surface area contributed by atoms with Crippen LogP contribution in [-0.4, -0.2) is 39.8 Å². The summed E-state index contributed by atoms with van der Waals surface area (Å²) >= 11 is 0. The number of hydrogen-bond donors (Lipinski definition) is 2. The van der Waals surface area contributed by atoms with E-state index in [-0.39, 0.29) is 18.7 Å². The van der Waals surface area contributed by atoms with Crippen molar-refractivity contribution in [2.45, 2.75) is 25.5 Å². The minimum Gasteiger partial charge on any atom is -0.480 e. The Bertz CT molecular complexity index is 531. The van der Waals surface area contributed by atoms with E-state index in [1.807, 2.05) is 0 Å². The highest BCUT2D eigenvalue weighted by molar-refractivity contribution is 5.79. The molecule has 0 aliphatic carbocycles. The van der Waals surface area contributed by atoms with Crippen molar-refractivity contribution in [3.8, 4) is 0 Å². The van der Waals surface area contributed by atoms with Gasteiger partial charge in [0.2, 0.25) is 0 Å². The van der Waals surface area contributed by atoms with Crippen molar-refractivity contribution >= 4 is 17.3 Å². The zero-order valence-electron chi connectivity index (χ0n) is 10.3. The van der Waals surface area contributed by atoms with E-state index in [0.717, 1.165) is 0 Å². The molecule has 1 aliphatic rings. The highest BCUT2D eigenvalue weighted by atomic mass is 16.6. The molecule has 2 atom stereocenters. The molecule has 0 spiro atoms. The van der Waals surface area contributed by atoms with Crippen molar-refractivity contribution in [2.24, 2.45) is 0 Å². The van der Waals surface area contributed by atoms with Gasteiger partial charge < -0.3 is 15.1 Å². The van der Waals surface area contributed by atoms with Gasteiger partial charge in [-0.15, -0.1) is 0 Å². The van der Waals surface area contributed by atoms with Crippen LogP contribution in [0, 0.1) is 17.0 Å². The molecule has 0 radical (unpaired) electrons. The number of aryl methyl sites for hydroxylation is 1. The van der Waals surface area contributed by atoms with Crippen LogP contribution in [0.1, 0.15) is 12.0 Å². The first-order valence-corrected chi connectivity index (χ1v) is 5.82. The summed E-state index contributed by atoms with van der Waals surface area (Å²) in [6.07, 6.45) is -0.539. The molecule has 0 saturated carbocycles. The number of β-amino-alcohol motifs (C(OH)–C–C–N with tert-alkyl or cyclic N) is 1. The summed E-state index contributed by atoms with van der Waals surface area (Å²) in [7, 11) is 0. The van der Waals surface area contributed by atoms with Gasteiger partial charge >= 0.3 is 5.97 Å². The lowest BCUT2D eigenvalue weighted by atomic mass is 10.1. The Labute approximate surface area is 109 Å². The predicted octanol–water partition coefficient (Wildman–Crippen LogP) is 0.927. The summed E-state index contributed by atoms with van der Waals surface area (Å²) in [6, 6.07) is 3.65. The van der Waals surface area contributed by atoms with Gasteiger partial charge in [0.05, 0.1) is 11.0 Å². The summed E-state index contributed by atoms with van der Waals surface area (Å²) in [6.45, 7) is 1.82. The van der Waals surface area contributed by atoms with E-state index < -0.39 is 23.0 Å². The molecule has 0 aromatic heterocycles. The minimum absolute atomic E-state index is 0.00429. The lowest BCUT2D eigenvalue weighted by Crippen LogP contribution is -2.36. The standard InChI is InChI=1S/C12H14N2O5/c1-7-4-8(2-3-10(7)14(18)19)13-6-9(15)5-11(13)12(16)17/h2-4,9,11,15H,5-6H2,1H3,(H,16,17). The van der Waals surface area contributed by atoms with Gasteiger partial charge in [-0.05, 0) is 19.1 Å². The van der Waals surface area contributed by atoms with Crippen LogP contribution in [0.2, 0.25) is 0 Å². The van der Waals surface area contributed by atoms with E-state index in [4.69, 9.17) is 5.11 Å². The number of benzene rings is 1. The van der Waals surface area contributed by atoms with E-state index in [1.54, 1.807) is 17.9 Å². The molecule has 7 nitrogen and oxygen atoms in total. The maximum absolute atomic E-state index is 11.1. The molecule has 0 bridgehead atoms. The minimum atomic E-state index is -1.01. The number of aliphatic hydroxyl groups excluding tert-OH is 1. The number of carboxylic acids is 1. The summed E-state index contributed by atoms with van der Waals surface area (Å²) in [5, 5.41) is 29.4. The Hall–Kier alpha value is -2.15. The topological polar surface area (TPSA) is 104 Å². The zero-order chi connectivity index (χ0) is 14.2. The highest BCUT2D eigenvalue weighted by Crippen LogP contribution is 2.29. The Balaban J connectivity index is 2.34. The SMILES string of the molecule is Cc1cc(N2CC(O)CC2C(=O)O)ccc1[N+](=O)[O-]. The van der Waals surface area contributed by atoms with Crippen molar-refractivity contribution < 1.29 is 19.9 Å². The van der Waals surface area contributed by atoms with Crippen LogP contribution in [0.4, 0.5) is 11.4 Å². The van der Waals surface area contributed by atoms with Gasteiger partial charge in [0, 0.05) is 30.3 Å². The first-order valence-electron chi connectivity index (χ1n) is 5.82. The number of rotatable bonds is 3. The first kappa shape index (κ1) is 13.3. The van der Waals surface area contributed by atoms with Gasteiger partial charge in [-0.1, -0.05) is 0 Å².